The number of thiazole rings is 1. The number of amides is 1. The van der Waals surface area contributed by atoms with Crippen molar-refractivity contribution in [2.75, 3.05) is 18.0 Å². The summed E-state index contributed by atoms with van der Waals surface area (Å²) >= 11 is 1.11. The molecule has 1 aliphatic heterocycles. The predicted octanol–water partition coefficient (Wildman–Crippen LogP) is 4.63. The second-order valence-electron chi connectivity index (χ2n) is 7.64. The van der Waals surface area contributed by atoms with Crippen LogP contribution >= 0.6 is 11.3 Å². The van der Waals surface area contributed by atoms with E-state index < -0.39 is 0 Å². The van der Waals surface area contributed by atoms with Crippen molar-refractivity contribution in [3.63, 3.8) is 0 Å². The molecule has 0 radical (unpaired) electrons. The Morgan fingerprint density at radius 3 is 2.61 bits per heavy atom. The maximum Gasteiger partial charge on any atom is 0.263 e. The average Bonchev–Trinajstić information content (AvgIpc) is 3.22. The van der Waals surface area contributed by atoms with Crippen LogP contribution in [-0.2, 0) is 11.3 Å². The van der Waals surface area contributed by atoms with E-state index in [1.165, 1.54) is 18.3 Å². The topological polar surface area (TPSA) is 54.5 Å². The molecule has 1 fully saturated rings. The lowest BCUT2D eigenvalue weighted by Gasteiger charge is -2.37. The lowest BCUT2D eigenvalue weighted by atomic mass is 10.1. The summed E-state index contributed by atoms with van der Waals surface area (Å²) in [6, 6.07) is 11.3. The molecule has 0 saturated carbocycles. The van der Waals surface area contributed by atoms with E-state index in [2.05, 4.69) is 10.3 Å². The second-order valence-corrected chi connectivity index (χ2v) is 8.67. The summed E-state index contributed by atoms with van der Waals surface area (Å²) in [4.78, 5) is 19.0. The highest BCUT2D eigenvalue weighted by Crippen LogP contribution is 2.28. The molecule has 2 heterocycles. The Balaban J connectivity index is 1.40. The van der Waals surface area contributed by atoms with Gasteiger partial charge < -0.3 is 15.0 Å². The number of carbonyl (C=O) groups is 1. The molecule has 0 bridgehead atoms. The van der Waals surface area contributed by atoms with Gasteiger partial charge in [0.15, 0.2) is 0 Å². The van der Waals surface area contributed by atoms with E-state index in [4.69, 9.17) is 4.74 Å². The zero-order valence-corrected chi connectivity index (χ0v) is 18.1. The van der Waals surface area contributed by atoms with Crippen molar-refractivity contribution in [3.05, 3.63) is 70.7 Å². The van der Waals surface area contributed by atoms with Crippen molar-refractivity contribution < 1.29 is 18.3 Å². The number of hydrogen-bond acceptors (Lipinski definition) is 5. The van der Waals surface area contributed by atoms with Crippen molar-refractivity contribution in [3.8, 4) is 10.6 Å². The first-order valence-corrected chi connectivity index (χ1v) is 10.9. The van der Waals surface area contributed by atoms with Gasteiger partial charge in [0.2, 0.25) is 0 Å². The number of nitrogens with one attached hydrogen (secondary N) is 1. The maximum absolute atomic E-state index is 14.7. The highest BCUT2D eigenvalue weighted by atomic mass is 32.1. The van der Waals surface area contributed by atoms with E-state index in [0.29, 0.717) is 39.8 Å². The number of hydrogen-bond donors (Lipinski definition) is 1. The molecule has 162 valence electrons. The molecule has 2 unspecified atom stereocenters. The number of nitrogens with zero attached hydrogens (tertiary/aromatic N) is 2. The van der Waals surface area contributed by atoms with Gasteiger partial charge in [-0.25, -0.2) is 13.8 Å². The molecular weight excluding hydrogens is 420 g/mol. The highest BCUT2D eigenvalue weighted by Gasteiger charge is 2.24. The Kier molecular flexibility index (Phi) is 6.29. The quantitative estimate of drug-likeness (QED) is 0.625. The van der Waals surface area contributed by atoms with Gasteiger partial charge in [0.1, 0.15) is 21.5 Å². The molecule has 3 aromatic rings. The van der Waals surface area contributed by atoms with Crippen LogP contribution in [0.5, 0.6) is 0 Å². The standard InChI is InChI=1S/C23H23F2N3O2S/c1-14-12-28(13-15(2)30-14)20-8-7-16(9-19(20)25)10-26-22(29)21-11-27-23(31-21)17-5-3-4-6-18(17)24/h3-9,11,14-15H,10,12-13H2,1-2H3,(H,26,29). The van der Waals surface area contributed by atoms with Crippen LogP contribution in [0.2, 0.25) is 0 Å². The van der Waals surface area contributed by atoms with Crippen molar-refractivity contribution in [1.29, 1.82) is 0 Å². The van der Waals surface area contributed by atoms with Crippen LogP contribution in [0.25, 0.3) is 10.6 Å². The van der Waals surface area contributed by atoms with Gasteiger partial charge in [-0.15, -0.1) is 11.3 Å². The molecule has 2 atom stereocenters. The summed E-state index contributed by atoms with van der Waals surface area (Å²) in [7, 11) is 0. The van der Waals surface area contributed by atoms with E-state index in [1.807, 2.05) is 18.7 Å². The van der Waals surface area contributed by atoms with Gasteiger partial charge in [0.25, 0.3) is 5.91 Å². The third kappa shape index (κ3) is 4.91. The molecule has 31 heavy (non-hydrogen) atoms. The highest BCUT2D eigenvalue weighted by molar-refractivity contribution is 7.16. The predicted molar refractivity (Wildman–Crippen MR) is 117 cm³/mol. The van der Waals surface area contributed by atoms with E-state index >= 15 is 0 Å². The summed E-state index contributed by atoms with van der Waals surface area (Å²) < 4.78 is 34.4. The van der Waals surface area contributed by atoms with Gasteiger partial charge in [-0.3, -0.25) is 4.79 Å². The molecule has 1 aliphatic rings. The van der Waals surface area contributed by atoms with E-state index in [9.17, 15) is 13.6 Å². The Labute approximate surface area is 183 Å². The minimum absolute atomic E-state index is 0.0378. The molecule has 4 rings (SSSR count). The maximum atomic E-state index is 14.7. The van der Waals surface area contributed by atoms with Gasteiger partial charge in [0.05, 0.1) is 24.1 Å². The normalized spacial score (nSPS) is 18.8. The van der Waals surface area contributed by atoms with Crippen LogP contribution in [0.4, 0.5) is 14.5 Å². The Bertz CT molecular complexity index is 1080. The van der Waals surface area contributed by atoms with E-state index in [-0.39, 0.29) is 36.3 Å². The summed E-state index contributed by atoms with van der Waals surface area (Å²) in [5.41, 5.74) is 1.55. The Morgan fingerprint density at radius 2 is 1.90 bits per heavy atom. The number of carbonyl (C=O) groups excluding carboxylic acids is 1. The molecule has 1 N–H and O–H groups in total. The largest absolute Gasteiger partial charge is 0.372 e. The van der Waals surface area contributed by atoms with Crippen LogP contribution in [0.15, 0.2) is 48.7 Å². The van der Waals surface area contributed by atoms with Crippen LogP contribution in [0, 0.1) is 11.6 Å². The van der Waals surface area contributed by atoms with Crippen LogP contribution in [0.3, 0.4) is 0 Å². The fourth-order valence-corrected chi connectivity index (χ4v) is 4.56. The van der Waals surface area contributed by atoms with Crippen molar-refractivity contribution >= 4 is 22.9 Å². The zero-order valence-electron chi connectivity index (χ0n) is 17.3. The summed E-state index contributed by atoms with van der Waals surface area (Å²) in [6.07, 6.45) is 1.50. The van der Waals surface area contributed by atoms with Crippen molar-refractivity contribution in [2.24, 2.45) is 0 Å². The number of morpholine rings is 1. The molecule has 1 amide bonds. The summed E-state index contributed by atoms with van der Waals surface area (Å²) in [6.45, 7) is 5.39. The third-order valence-corrected chi connectivity index (χ3v) is 6.09. The number of rotatable bonds is 5. The summed E-state index contributed by atoms with van der Waals surface area (Å²) in [5, 5.41) is 3.21. The van der Waals surface area contributed by atoms with E-state index in [1.54, 1.807) is 30.3 Å². The first-order chi connectivity index (χ1) is 14.9. The lowest BCUT2D eigenvalue weighted by molar-refractivity contribution is -0.00539. The third-order valence-electron chi connectivity index (χ3n) is 5.06. The lowest BCUT2D eigenvalue weighted by Crippen LogP contribution is -2.45. The number of halogens is 2. The van der Waals surface area contributed by atoms with Gasteiger partial charge in [-0.05, 0) is 43.7 Å². The Morgan fingerprint density at radius 1 is 1.16 bits per heavy atom. The van der Waals surface area contributed by atoms with Gasteiger partial charge in [0, 0.05) is 25.2 Å². The second kappa shape index (κ2) is 9.11. The molecular formula is C23H23F2N3O2S. The number of benzene rings is 2. The van der Waals surface area contributed by atoms with Crippen LogP contribution in [0.1, 0.15) is 29.1 Å². The SMILES string of the molecule is CC1CN(c2ccc(CNC(=O)c3cnc(-c4ccccc4F)s3)cc2F)CC(C)O1. The summed E-state index contributed by atoms with van der Waals surface area (Å²) in [5.74, 6) is -1.04. The van der Waals surface area contributed by atoms with Crippen LogP contribution in [-0.4, -0.2) is 36.2 Å². The first-order valence-electron chi connectivity index (χ1n) is 10.1. The fraction of sp³-hybridized carbons (Fsp3) is 0.304. The zero-order chi connectivity index (χ0) is 22.0. The molecule has 8 heteroatoms. The van der Waals surface area contributed by atoms with Gasteiger partial charge >= 0.3 is 0 Å². The van der Waals surface area contributed by atoms with Crippen molar-refractivity contribution in [1.82, 2.24) is 10.3 Å². The number of aromatic nitrogens is 1. The smallest absolute Gasteiger partial charge is 0.263 e. The molecule has 5 nitrogen and oxygen atoms in total. The first kappa shape index (κ1) is 21.4. The average molecular weight is 444 g/mol. The molecule has 0 aliphatic carbocycles. The molecule has 0 spiro atoms. The number of anilines is 1. The van der Waals surface area contributed by atoms with Gasteiger partial charge in [-0.1, -0.05) is 18.2 Å². The molecule has 1 aromatic heterocycles. The van der Waals surface area contributed by atoms with Crippen molar-refractivity contribution in [2.45, 2.75) is 32.6 Å². The Hall–Kier alpha value is -2.84. The molecule has 1 saturated heterocycles. The fourth-order valence-electron chi connectivity index (χ4n) is 3.70. The minimum Gasteiger partial charge on any atom is -0.372 e. The molecule has 2 aromatic carbocycles. The van der Waals surface area contributed by atoms with Gasteiger partial charge in [-0.2, -0.15) is 0 Å². The minimum atomic E-state index is -0.386. The van der Waals surface area contributed by atoms with Crippen LogP contribution < -0.4 is 10.2 Å². The van der Waals surface area contributed by atoms with E-state index in [0.717, 1.165) is 11.3 Å². The number of ether oxygens (including phenoxy) is 1. The monoisotopic (exact) mass is 443 g/mol.